The molecular weight excluding hydrogens is 260 g/mol. The Morgan fingerprint density at radius 3 is 2.29 bits per heavy atom. The highest BCUT2D eigenvalue weighted by molar-refractivity contribution is 5.67. The van der Waals surface area contributed by atoms with Crippen molar-refractivity contribution in [2.24, 2.45) is 0 Å². The number of nitrogens with zero attached hydrogens (tertiary/aromatic N) is 1. The van der Waals surface area contributed by atoms with Crippen LogP contribution in [-0.4, -0.2) is 9.97 Å². The van der Waals surface area contributed by atoms with Gasteiger partial charge in [-0.3, -0.25) is 4.79 Å². The van der Waals surface area contributed by atoms with Crippen molar-refractivity contribution in [2.75, 3.05) is 0 Å². The second-order valence-corrected chi connectivity index (χ2v) is 5.07. The SMILES string of the molecule is Cc1ccccc1-c1nc(-c2ccccc2)c(C)c(=O)[nH]1. The van der Waals surface area contributed by atoms with E-state index in [1.54, 1.807) is 6.92 Å². The maximum Gasteiger partial charge on any atom is 0.254 e. The fourth-order valence-electron chi connectivity index (χ4n) is 2.38. The lowest BCUT2D eigenvalue weighted by atomic mass is 10.1. The number of hydrogen-bond donors (Lipinski definition) is 1. The second kappa shape index (κ2) is 5.37. The third-order valence-corrected chi connectivity index (χ3v) is 3.60. The van der Waals surface area contributed by atoms with Crippen LogP contribution in [0, 0.1) is 13.8 Å². The summed E-state index contributed by atoms with van der Waals surface area (Å²) in [5.41, 5.74) is 4.27. The molecule has 0 unspecified atom stereocenters. The topological polar surface area (TPSA) is 45.8 Å². The van der Waals surface area contributed by atoms with E-state index in [0.717, 1.165) is 22.4 Å². The molecular formula is C18H16N2O. The van der Waals surface area contributed by atoms with Crippen molar-refractivity contribution in [3.63, 3.8) is 0 Å². The van der Waals surface area contributed by atoms with E-state index in [9.17, 15) is 4.79 Å². The lowest BCUT2D eigenvalue weighted by Crippen LogP contribution is -2.14. The van der Waals surface area contributed by atoms with Gasteiger partial charge in [0, 0.05) is 16.7 Å². The summed E-state index contributed by atoms with van der Waals surface area (Å²) in [6.07, 6.45) is 0. The largest absolute Gasteiger partial charge is 0.306 e. The number of benzene rings is 2. The van der Waals surface area contributed by atoms with Gasteiger partial charge >= 0.3 is 0 Å². The average molecular weight is 276 g/mol. The van der Waals surface area contributed by atoms with Gasteiger partial charge in [0.2, 0.25) is 0 Å². The second-order valence-electron chi connectivity index (χ2n) is 5.07. The van der Waals surface area contributed by atoms with Crippen molar-refractivity contribution in [1.82, 2.24) is 9.97 Å². The van der Waals surface area contributed by atoms with E-state index < -0.39 is 0 Å². The highest BCUT2D eigenvalue weighted by Crippen LogP contribution is 2.23. The van der Waals surface area contributed by atoms with Crippen LogP contribution in [0.5, 0.6) is 0 Å². The van der Waals surface area contributed by atoms with Crippen LogP contribution in [-0.2, 0) is 0 Å². The van der Waals surface area contributed by atoms with Crippen LogP contribution in [0.3, 0.4) is 0 Å². The molecule has 0 aliphatic heterocycles. The first-order valence-corrected chi connectivity index (χ1v) is 6.89. The van der Waals surface area contributed by atoms with E-state index in [0.29, 0.717) is 11.4 Å². The highest BCUT2D eigenvalue weighted by Gasteiger charge is 2.11. The smallest absolute Gasteiger partial charge is 0.254 e. The van der Waals surface area contributed by atoms with Crippen molar-refractivity contribution in [2.45, 2.75) is 13.8 Å². The zero-order valence-electron chi connectivity index (χ0n) is 12.1. The van der Waals surface area contributed by atoms with Crippen LogP contribution in [0.1, 0.15) is 11.1 Å². The fraction of sp³-hybridized carbons (Fsp3) is 0.111. The average Bonchev–Trinajstić information content (AvgIpc) is 2.51. The number of rotatable bonds is 2. The molecule has 0 fully saturated rings. The van der Waals surface area contributed by atoms with Gasteiger partial charge in [-0.25, -0.2) is 4.98 Å². The van der Waals surface area contributed by atoms with E-state index in [-0.39, 0.29) is 5.56 Å². The standard InChI is InChI=1S/C18H16N2O/c1-12-8-6-7-11-15(12)17-19-16(13(2)18(21)20-17)14-9-4-3-5-10-14/h3-11H,1-2H3,(H,19,20,21). The first kappa shape index (κ1) is 13.3. The minimum Gasteiger partial charge on any atom is -0.306 e. The summed E-state index contributed by atoms with van der Waals surface area (Å²) in [7, 11) is 0. The summed E-state index contributed by atoms with van der Waals surface area (Å²) in [5.74, 6) is 0.613. The van der Waals surface area contributed by atoms with Crippen LogP contribution in [0.25, 0.3) is 22.6 Å². The molecule has 0 aliphatic rings. The van der Waals surface area contributed by atoms with Gasteiger partial charge in [-0.1, -0.05) is 54.6 Å². The quantitative estimate of drug-likeness (QED) is 0.775. The van der Waals surface area contributed by atoms with E-state index in [1.807, 2.05) is 61.5 Å². The van der Waals surface area contributed by atoms with Gasteiger partial charge in [0.15, 0.2) is 0 Å². The van der Waals surface area contributed by atoms with E-state index in [4.69, 9.17) is 0 Å². The lowest BCUT2D eigenvalue weighted by Gasteiger charge is -2.09. The van der Waals surface area contributed by atoms with E-state index in [2.05, 4.69) is 9.97 Å². The Kier molecular flexibility index (Phi) is 3.40. The Morgan fingerprint density at radius 1 is 0.905 bits per heavy atom. The van der Waals surface area contributed by atoms with Gasteiger partial charge in [0.05, 0.1) is 5.69 Å². The molecule has 3 nitrogen and oxygen atoms in total. The van der Waals surface area contributed by atoms with Crippen LogP contribution in [0.15, 0.2) is 59.4 Å². The Balaban J connectivity index is 2.24. The van der Waals surface area contributed by atoms with Gasteiger partial charge in [-0.2, -0.15) is 0 Å². The van der Waals surface area contributed by atoms with Crippen molar-refractivity contribution >= 4 is 0 Å². The maximum absolute atomic E-state index is 12.2. The van der Waals surface area contributed by atoms with Gasteiger partial charge < -0.3 is 4.98 Å². The fourth-order valence-corrected chi connectivity index (χ4v) is 2.38. The Labute approximate surface area is 123 Å². The number of aryl methyl sites for hydroxylation is 1. The maximum atomic E-state index is 12.2. The van der Waals surface area contributed by atoms with Crippen LogP contribution in [0.2, 0.25) is 0 Å². The summed E-state index contributed by atoms with van der Waals surface area (Å²) >= 11 is 0. The minimum atomic E-state index is -0.0953. The zero-order valence-corrected chi connectivity index (χ0v) is 12.1. The van der Waals surface area contributed by atoms with Gasteiger partial charge in [-0.15, -0.1) is 0 Å². The first-order chi connectivity index (χ1) is 10.2. The molecule has 0 saturated heterocycles. The van der Waals surface area contributed by atoms with Crippen molar-refractivity contribution < 1.29 is 0 Å². The third kappa shape index (κ3) is 2.50. The monoisotopic (exact) mass is 276 g/mol. The summed E-state index contributed by atoms with van der Waals surface area (Å²) < 4.78 is 0. The predicted octanol–water partition coefficient (Wildman–Crippen LogP) is 3.72. The molecule has 1 aromatic heterocycles. The molecule has 0 bridgehead atoms. The molecule has 0 aliphatic carbocycles. The van der Waals surface area contributed by atoms with Gasteiger partial charge in [-0.05, 0) is 19.4 Å². The summed E-state index contributed by atoms with van der Waals surface area (Å²) in [4.78, 5) is 19.8. The number of H-pyrrole nitrogens is 1. The molecule has 1 heterocycles. The molecule has 0 atom stereocenters. The molecule has 3 aromatic rings. The van der Waals surface area contributed by atoms with Crippen LogP contribution >= 0.6 is 0 Å². The summed E-state index contributed by atoms with van der Waals surface area (Å²) in [6, 6.07) is 17.7. The molecule has 21 heavy (non-hydrogen) atoms. The molecule has 0 saturated carbocycles. The summed E-state index contributed by atoms with van der Waals surface area (Å²) in [5, 5.41) is 0. The van der Waals surface area contributed by atoms with Crippen molar-refractivity contribution in [3.05, 3.63) is 76.1 Å². The molecule has 1 N–H and O–H groups in total. The van der Waals surface area contributed by atoms with Crippen LogP contribution < -0.4 is 5.56 Å². The van der Waals surface area contributed by atoms with Gasteiger partial charge in [0.25, 0.3) is 5.56 Å². The normalized spacial score (nSPS) is 10.6. The van der Waals surface area contributed by atoms with Crippen molar-refractivity contribution in [1.29, 1.82) is 0 Å². The minimum absolute atomic E-state index is 0.0953. The van der Waals surface area contributed by atoms with E-state index in [1.165, 1.54) is 0 Å². The van der Waals surface area contributed by atoms with Crippen LogP contribution in [0.4, 0.5) is 0 Å². The zero-order chi connectivity index (χ0) is 14.8. The highest BCUT2D eigenvalue weighted by atomic mass is 16.1. The predicted molar refractivity (Wildman–Crippen MR) is 85.2 cm³/mol. The molecule has 3 rings (SSSR count). The Bertz CT molecular complexity index is 835. The van der Waals surface area contributed by atoms with Crippen molar-refractivity contribution in [3.8, 4) is 22.6 Å². The molecule has 0 radical (unpaired) electrons. The number of nitrogens with one attached hydrogen (secondary N) is 1. The Morgan fingerprint density at radius 2 is 1.57 bits per heavy atom. The number of aromatic nitrogens is 2. The molecule has 2 aromatic carbocycles. The number of aromatic amines is 1. The first-order valence-electron chi connectivity index (χ1n) is 6.89. The third-order valence-electron chi connectivity index (χ3n) is 3.60. The molecule has 104 valence electrons. The number of hydrogen-bond acceptors (Lipinski definition) is 2. The van der Waals surface area contributed by atoms with Gasteiger partial charge in [0.1, 0.15) is 5.82 Å². The van der Waals surface area contributed by atoms with E-state index >= 15 is 0 Å². The molecule has 3 heteroatoms. The molecule has 0 spiro atoms. The summed E-state index contributed by atoms with van der Waals surface area (Å²) in [6.45, 7) is 3.81. The lowest BCUT2D eigenvalue weighted by molar-refractivity contribution is 1.09. The Hall–Kier alpha value is -2.68. The molecule has 0 amide bonds.